The summed E-state index contributed by atoms with van der Waals surface area (Å²) in [5.41, 5.74) is 1.21. The topological polar surface area (TPSA) is 24.5 Å². The van der Waals surface area contributed by atoms with E-state index in [4.69, 9.17) is 4.74 Å². The first-order valence-electron chi connectivity index (χ1n) is 6.91. The van der Waals surface area contributed by atoms with E-state index in [1.807, 2.05) is 6.07 Å². The normalized spacial score (nSPS) is 25.0. The number of benzene rings is 1. The van der Waals surface area contributed by atoms with Gasteiger partial charge in [0.25, 0.3) is 0 Å². The van der Waals surface area contributed by atoms with Crippen molar-refractivity contribution in [1.82, 2.24) is 4.90 Å². The fourth-order valence-electron chi connectivity index (χ4n) is 2.56. The Morgan fingerprint density at radius 3 is 2.50 bits per heavy atom. The highest BCUT2D eigenvalue weighted by molar-refractivity contribution is 5.42. The Hall–Kier alpha value is -1.06. The Balaban J connectivity index is 1.63. The van der Waals surface area contributed by atoms with Gasteiger partial charge in [-0.3, -0.25) is 4.90 Å². The maximum atomic E-state index is 5.73. The number of ether oxygens (including phenoxy) is 1. The predicted molar refractivity (Wildman–Crippen MR) is 76.0 cm³/mol. The average molecular weight is 248 g/mol. The number of nitrogens with zero attached hydrogens (tertiary/aromatic N) is 1. The minimum absolute atomic E-state index is 0.371. The maximum absolute atomic E-state index is 5.73. The fraction of sp³-hybridized carbons (Fsp3) is 0.600. The van der Waals surface area contributed by atoms with Crippen molar-refractivity contribution < 1.29 is 4.74 Å². The molecule has 0 radical (unpaired) electrons. The smallest absolute Gasteiger partial charge is 0.0678 e. The molecule has 0 bridgehead atoms. The number of anilines is 1. The minimum Gasteiger partial charge on any atom is -0.385 e. The summed E-state index contributed by atoms with van der Waals surface area (Å²) in [4.78, 5) is 2.51. The fourth-order valence-corrected chi connectivity index (χ4v) is 2.56. The molecule has 1 N–H and O–H groups in total. The van der Waals surface area contributed by atoms with Gasteiger partial charge in [-0.1, -0.05) is 18.2 Å². The van der Waals surface area contributed by atoms with Crippen LogP contribution < -0.4 is 5.32 Å². The van der Waals surface area contributed by atoms with E-state index in [0.29, 0.717) is 12.2 Å². The molecule has 0 aromatic heterocycles. The molecule has 1 aliphatic heterocycles. The zero-order valence-electron chi connectivity index (χ0n) is 11.4. The number of para-hydroxylation sites is 1. The molecule has 1 heterocycles. The SMILES string of the molecule is CC1CN(CCCNc2ccccc2)CC(C)O1. The lowest BCUT2D eigenvalue weighted by atomic mass is 10.2. The second kappa shape index (κ2) is 6.76. The van der Waals surface area contributed by atoms with E-state index in [-0.39, 0.29) is 0 Å². The molecule has 1 aromatic carbocycles. The lowest BCUT2D eigenvalue weighted by Crippen LogP contribution is -2.45. The van der Waals surface area contributed by atoms with Gasteiger partial charge >= 0.3 is 0 Å². The first-order valence-corrected chi connectivity index (χ1v) is 6.91. The van der Waals surface area contributed by atoms with Crippen LogP contribution in [0.1, 0.15) is 20.3 Å². The van der Waals surface area contributed by atoms with E-state index >= 15 is 0 Å². The standard InChI is InChI=1S/C15H24N2O/c1-13-11-17(12-14(2)18-13)10-6-9-16-15-7-4-3-5-8-15/h3-5,7-8,13-14,16H,6,9-12H2,1-2H3. The first kappa shape index (κ1) is 13.4. The van der Waals surface area contributed by atoms with E-state index in [1.165, 1.54) is 12.1 Å². The van der Waals surface area contributed by atoms with E-state index in [2.05, 4.69) is 48.3 Å². The molecule has 3 heteroatoms. The molecule has 3 nitrogen and oxygen atoms in total. The molecule has 1 fully saturated rings. The molecule has 2 rings (SSSR count). The van der Waals surface area contributed by atoms with Gasteiger partial charge in [-0.2, -0.15) is 0 Å². The molecule has 0 spiro atoms. The lowest BCUT2D eigenvalue weighted by Gasteiger charge is -2.35. The van der Waals surface area contributed by atoms with Crippen LogP contribution in [0, 0.1) is 0 Å². The predicted octanol–water partition coefficient (Wildman–Crippen LogP) is 2.60. The third-order valence-corrected chi connectivity index (χ3v) is 3.25. The number of hydrogen-bond donors (Lipinski definition) is 1. The van der Waals surface area contributed by atoms with Crippen LogP contribution in [0.15, 0.2) is 30.3 Å². The summed E-state index contributed by atoms with van der Waals surface area (Å²) in [7, 11) is 0. The van der Waals surface area contributed by atoms with Crippen LogP contribution >= 0.6 is 0 Å². The molecule has 1 aliphatic rings. The monoisotopic (exact) mass is 248 g/mol. The van der Waals surface area contributed by atoms with Gasteiger partial charge in [0, 0.05) is 31.9 Å². The molecular formula is C15H24N2O. The van der Waals surface area contributed by atoms with E-state index in [1.54, 1.807) is 0 Å². The Bertz CT molecular complexity index is 332. The van der Waals surface area contributed by atoms with Crippen molar-refractivity contribution >= 4 is 5.69 Å². The summed E-state index contributed by atoms with van der Waals surface area (Å²) in [5.74, 6) is 0. The van der Waals surface area contributed by atoms with E-state index in [0.717, 1.165) is 26.2 Å². The largest absolute Gasteiger partial charge is 0.385 e. The highest BCUT2D eigenvalue weighted by Gasteiger charge is 2.21. The highest BCUT2D eigenvalue weighted by Crippen LogP contribution is 2.11. The number of nitrogens with one attached hydrogen (secondary N) is 1. The summed E-state index contributed by atoms with van der Waals surface area (Å²) < 4.78 is 5.73. The molecule has 100 valence electrons. The van der Waals surface area contributed by atoms with Crippen molar-refractivity contribution in [2.24, 2.45) is 0 Å². The lowest BCUT2D eigenvalue weighted by molar-refractivity contribution is -0.0678. The van der Waals surface area contributed by atoms with Crippen molar-refractivity contribution in [3.63, 3.8) is 0 Å². The van der Waals surface area contributed by atoms with Crippen LogP contribution in [0.25, 0.3) is 0 Å². The van der Waals surface area contributed by atoms with Crippen molar-refractivity contribution in [3.8, 4) is 0 Å². The zero-order chi connectivity index (χ0) is 12.8. The summed E-state index contributed by atoms with van der Waals surface area (Å²) in [6, 6.07) is 10.4. The van der Waals surface area contributed by atoms with Crippen molar-refractivity contribution in [2.75, 3.05) is 31.5 Å². The molecule has 0 saturated carbocycles. The second-order valence-corrected chi connectivity index (χ2v) is 5.16. The Morgan fingerprint density at radius 1 is 1.17 bits per heavy atom. The molecule has 0 amide bonds. The van der Waals surface area contributed by atoms with Gasteiger partial charge in [0.1, 0.15) is 0 Å². The average Bonchev–Trinajstić information content (AvgIpc) is 2.35. The quantitative estimate of drug-likeness (QED) is 0.811. The number of hydrogen-bond acceptors (Lipinski definition) is 3. The van der Waals surface area contributed by atoms with Crippen LogP contribution in [-0.4, -0.2) is 43.3 Å². The summed E-state index contributed by atoms with van der Waals surface area (Å²) in [5, 5.41) is 3.45. The molecule has 2 atom stereocenters. The minimum atomic E-state index is 0.371. The summed E-state index contributed by atoms with van der Waals surface area (Å²) in [6.07, 6.45) is 1.92. The Morgan fingerprint density at radius 2 is 1.83 bits per heavy atom. The van der Waals surface area contributed by atoms with Gasteiger partial charge in [-0.25, -0.2) is 0 Å². The van der Waals surface area contributed by atoms with Gasteiger partial charge in [0.15, 0.2) is 0 Å². The molecule has 1 aromatic rings. The second-order valence-electron chi connectivity index (χ2n) is 5.16. The van der Waals surface area contributed by atoms with Gasteiger partial charge in [0.2, 0.25) is 0 Å². The number of morpholine rings is 1. The van der Waals surface area contributed by atoms with Crippen LogP contribution in [0.2, 0.25) is 0 Å². The van der Waals surface area contributed by atoms with Crippen LogP contribution in [-0.2, 0) is 4.74 Å². The third kappa shape index (κ3) is 4.31. The Kier molecular flexibility index (Phi) is 5.02. The van der Waals surface area contributed by atoms with Crippen molar-refractivity contribution in [2.45, 2.75) is 32.5 Å². The van der Waals surface area contributed by atoms with Crippen molar-refractivity contribution in [1.29, 1.82) is 0 Å². The molecular weight excluding hydrogens is 224 g/mol. The van der Waals surface area contributed by atoms with Gasteiger partial charge in [-0.05, 0) is 32.4 Å². The molecule has 0 aliphatic carbocycles. The van der Waals surface area contributed by atoms with Crippen LogP contribution in [0.4, 0.5) is 5.69 Å². The van der Waals surface area contributed by atoms with Crippen LogP contribution in [0.5, 0.6) is 0 Å². The van der Waals surface area contributed by atoms with Gasteiger partial charge < -0.3 is 10.1 Å². The summed E-state index contributed by atoms with van der Waals surface area (Å²) >= 11 is 0. The first-order chi connectivity index (χ1) is 8.74. The van der Waals surface area contributed by atoms with Crippen LogP contribution in [0.3, 0.4) is 0 Å². The molecule has 1 saturated heterocycles. The highest BCUT2D eigenvalue weighted by atomic mass is 16.5. The summed E-state index contributed by atoms with van der Waals surface area (Å²) in [6.45, 7) is 8.63. The zero-order valence-corrected chi connectivity index (χ0v) is 11.4. The Labute approximate surface area is 110 Å². The molecule has 18 heavy (non-hydrogen) atoms. The van der Waals surface area contributed by atoms with Crippen molar-refractivity contribution in [3.05, 3.63) is 30.3 Å². The van der Waals surface area contributed by atoms with Gasteiger partial charge in [0.05, 0.1) is 12.2 Å². The third-order valence-electron chi connectivity index (χ3n) is 3.25. The number of rotatable bonds is 5. The van der Waals surface area contributed by atoms with E-state index < -0.39 is 0 Å². The van der Waals surface area contributed by atoms with Gasteiger partial charge in [-0.15, -0.1) is 0 Å². The van der Waals surface area contributed by atoms with E-state index in [9.17, 15) is 0 Å². The maximum Gasteiger partial charge on any atom is 0.0678 e. The molecule has 2 unspecified atom stereocenters.